The summed E-state index contributed by atoms with van der Waals surface area (Å²) in [7, 11) is -3.66. The fourth-order valence-electron chi connectivity index (χ4n) is 2.49. The fraction of sp³-hybridized carbons (Fsp3) is 0.200. The van der Waals surface area contributed by atoms with Crippen LogP contribution in [0.4, 0.5) is 11.5 Å². The molecular formula is C20H22N4O2S. The molecule has 6 nitrogen and oxygen atoms in total. The number of benzene rings is 1. The number of hydrogen-bond donors (Lipinski definition) is 2. The SMILES string of the molecule is CC(C)c1ccc(S(=O)(=O)Nc2ccc(NCc3ccncc3)cn2)cc1. The van der Waals surface area contributed by atoms with E-state index in [4.69, 9.17) is 0 Å². The number of anilines is 2. The predicted octanol–water partition coefficient (Wildman–Crippen LogP) is 4.01. The molecule has 0 saturated heterocycles. The van der Waals surface area contributed by atoms with Crippen molar-refractivity contribution in [2.24, 2.45) is 0 Å². The number of aromatic nitrogens is 2. The molecule has 0 unspecified atom stereocenters. The van der Waals surface area contributed by atoms with Crippen molar-refractivity contribution >= 4 is 21.5 Å². The Morgan fingerprint density at radius 3 is 2.26 bits per heavy atom. The number of hydrogen-bond acceptors (Lipinski definition) is 5. The first-order valence-corrected chi connectivity index (χ1v) is 10.1. The van der Waals surface area contributed by atoms with Gasteiger partial charge in [-0.3, -0.25) is 9.71 Å². The van der Waals surface area contributed by atoms with Crippen LogP contribution in [0.3, 0.4) is 0 Å². The molecule has 27 heavy (non-hydrogen) atoms. The predicted molar refractivity (Wildman–Crippen MR) is 107 cm³/mol. The van der Waals surface area contributed by atoms with E-state index >= 15 is 0 Å². The molecule has 0 aliphatic heterocycles. The highest BCUT2D eigenvalue weighted by Gasteiger charge is 2.15. The third-order valence-corrected chi connectivity index (χ3v) is 5.48. The molecule has 0 spiro atoms. The molecule has 2 heterocycles. The third kappa shape index (κ3) is 5.04. The van der Waals surface area contributed by atoms with Crippen LogP contribution in [0.5, 0.6) is 0 Å². The molecule has 0 atom stereocenters. The normalized spacial score (nSPS) is 11.4. The molecule has 3 aromatic rings. The Kier molecular flexibility index (Phi) is 5.71. The van der Waals surface area contributed by atoms with Gasteiger partial charge in [-0.05, 0) is 53.4 Å². The highest BCUT2D eigenvalue weighted by molar-refractivity contribution is 7.92. The highest BCUT2D eigenvalue weighted by Crippen LogP contribution is 2.20. The van der Waals surface area contributed by atoms with E-state index in [1.807, 2.05) is 24.3 Å². The molecule has 2 N–H and O–H groups in total. The van der Waals surface area contributed by atoms with E-state index in [2.05, 4.69) is 33.9 Å². The molecule has 7 heteroatoms. The Labute approximate surface area is 159 Å². The average molecular weight is 382 g/mol. The van der Waals surface area contributed by atoms with Crippen LogP contribution in [-0.4, -0.2) is 18.4 Å². The zero-order chi connectivity index (χ0) is 19.3. The van der Waals surface area contributed by atoms with Crippen molar-refractivity contribution in [3.8, 4) is 0 Å². The molecule has 0 radical (unpaired) electrons. The van der Waals surface area contributed by atoms with Gasteiger partial charge in [0.25, 0.3) is 10.0 Å². The van der Waals surface area contributed by atoms with Gasteiger partial charge in [0.05, 0.1) is 16.8 Å². The summed E-state index contributed by atoms with van der Waals surface area (Å²) in [5.41, 5.74) is 2.99. The average Bonchev–Trinajstić information content (AvgIpc) is 2.68. The lowest BCUT2D eigenvalue weighted by Crippen LogP contribution is -2.14. The van der Waals surface area contributed by atoms with E-state index in [-0.39, 0.29) is 10.7 Å². The molecule has 0 amide bonds. The molecule has 0 saturated carbocycles. The molecule has 0 bridgehead atoms. The summed E-state index contributed by atoms with van der Waals surface area (Å²) in [6.45, 7) is 4.77. The van der Waals surface area contributed by atoms with Crippen LogP contribution < -0.4 is 10.0 Å². The number of nitrogens with zero attached hydrogens (tertiary/aromatic N) is 2. The largest absolute Gasteiger partial charge is 0.380 e. The first kappa shape index (κ1) is 18.8. The monoisotopic (exact) mass is 382 g/mol. The zero-order valence-corrected chi connectivity index (χ0v) is 16.1. The second-order valence-electron chi connectivity index (χ2n) is 6.47. The number of rotatable bonds is 7. The number of sulfonamides is 1. The van der Waals surface area contributed by atoms with Crippen molar-refractivity contribution in [3.05, 3.63) is 78.2 Å². The Morgan fingerprint density at radius 2 is 1.67 bits per heavy atom. The summed E-state index contributed by atoms with van der Waals surface area (Å²) in [4.78, 5) is 8.38. The first-order chi connectivity index (χ1) is 12.9. The van der Waals surface area contributed by atoms with E-state index in [9.17, 15) is 8.42 Å². The number of nitrogens with one attached hydrogen (secondary N) is 2. The second kappa shape index (κ2) is 8.18. The zero-order valence-electron chi connectivity index (χ0n) is 15.3. The van der Waals surface area contributed by atoms with Gasteiger partial charge in [-0.2, -0.15) is 0 Å². The summed E-state index contributed by atoms with van der Waals surface area (Å²) in [5, 5.41) is 3.23. The van der Waals surface area contributed by atoms with Crippen LogP contribution in [0, 0.1) is 0 Å². The van der Waals surface area contributed by atoms with E-state index in [1.54, 1.807) is 42.9 Å². The van der Waals surface area contributed by atoms with E-state index in [0.717, 1.165) is 16.8 Å². The smallest absolute Gasteiger partial charge is 0.263 e. The summed E-state index contributed by atoms with van der Waals surface area (Å²) in [5.74, 6) is 0.626. The van der Waals surface area contributed by atoms with Crippen LogP contribution in [0.2, 0.25) is 0 Å². The Hall–Kier alpha value is -2.93. The van der Waals surface area contributed by atoms with Crippen LogP contribution in [0.15, 0.2) is 72.0 Å². The van der Waals surface area contributed by atoms with E-state index in [1.165, 1.54) is 0 Å². The Morgan fingerprint density at radius 1 is 0.963 bits per heavy atom. The minimum Gasteiger partial charge on any atom is -0.380 e. The van der Waals surface area contributed by atoms with Gasteiger partial charge in [-0.25, -0.2) is 13.4 Å². The van der Waals surface area contributed by atoms with E-state index < -0.39 is 10.0 Å². The fourth-order valence-corrected chi connectivity index (χ4v) is 3.50. The molecule has 2 aromatic heterocycles. The summed E-state index contributed by atoms with van der Waals surface area (Å²) in [6, 6.07) is 14.2. The summed E-state index contributed by atoms with van der Waals surface area (Å²) >= 11 is 0. The van der Waals surface area contributed by atoms with Gasteiger partial charge in [-0.1, -0.05) is 26.0 Å². The lowest BCUT2D eigenvalue weighted by molar-refractivity contribution is 0.601. The molecule has 3 rings (SSSR count). The van der Waals surface area contributed by atoms with Crippen molar-refractivity contribution in [2.75, 3.05) is 10.0 Å². The van der Waals surface area contributed by atoms with Crippen molar-refractivity contribution in [3.63, 3.8) is 0 Å². The molecule has 140 valence electrons. The number of pyridine rings is 2. The van der Waals surface area contributed by atoms with Gasteiger partial charge >= 0.3 is 0 Å². The van der Waals surface area contributed by atoms with Crippen molar-refractivity contribution in [1.29, 1.82) is 0 Å². The van der Waals surface area contributed by atoms with Gasteiger partial charge in [-0.15, -0.1) is 0 Å². The maximum atomic E-state index is 12.5. The highest BCUT2D eigenvalue weighted by atomic mass is 32.2. The maximum absolute atomic E-state index is 12.5. The quantitative estimate of drug-likeness (QED) is 0.645. The Balaban J connectivity index is 1.64. The molecule has 1 aromatic carbocycles. The lowest BCUT2D eigenvalue weighted by Gasteiger charge is -2.10. The molecule has 0 aliphatic rings. The third-order valence-electron chi connectivity index (χ3n) is 4.11. The maximum Gasteiger partial charge on any atom is 0.263 e. The molecule has 0 aliphatic carbocycles. The van der Waals surface area contributed by atoms with Crippen LogP contribution in [0.1, 0.15) is 30.9 Å². The van der Waals surface area contributed by atoms with Gasteiger partial charge in [0, 0.05) is 18.9 Å². The standard InChI is InChI=1S/C20H22N4O2S/c1-15(2)17-3-6-19(7-4-17)27(25,26)24-20-8-5-18(14-23-20)22-13-16-9-11-21-12-10-16/h3-12,14-15,22H,13H2,1-2H3,(H,23,24). The second-order valence-corrected chi connectivity index (χ2v) is 8.15. The van der Waals surface area contributed by atoms with Gasteiger partial charge in [0.15, 0.2) is 0 Å². The molecule has 0 fully saturated rings. The summed E-state index contributed by atoms with van der Waals surface area (Å²) < 4.78 is 27.5. The topological polar surface area (TPSA) is 84.0 Å². The van der Waals surface area contributed by atoms with Gasteiger partial charge < -0.3 is 5.32 Å². The summed E-state index contributed by atoms with van der Waals surface area (Å²) in [6.07, 6.45) is 5.07. The van der Waals surface area contributed by atoms with Gasteiger partial charge in [0.1, 0.15) is 5.82 Å². The van der Waals surface area contributed by atoms with Crippen molar-refractivity contribution in [1.82, 2.24) is 9.97 Å². The Bertz CT molecular complexity index is 971. The first-order valence-electron chi connectivity index (χ1n) is 8.66. The van der Waals surface area contributed by atoms with Crippen LogP contribution in [-0.2, 0) is 16.6 Å². The minimum absolute atomic E-state index is 0.216. The molecular weight excluding hydrogens is 360 g/mol. The van der Waals surface area contributed by atoms with Crippen LogP contribution in [0.25, 0.3) is 0 Å². The van der Waals surface area contributed by atoms with E-state index in [0.29, 0.717) is 12.5 Å². The minimum atomic E-state index is -3.66. The van der Waals surface area contributed by atoms with Crippen molar-refractivity contribution in [2.45, 2.75) is 31.2 Å². The van der Waals surface area contributed by atoms with Gasteiger partial charge in [0.2, 0.25) is 0 Å². The van der Waals surface area contributed by atoms with Crippen LogP contribution >= 0.6 is 0 Å². The van der Waals surface area contributed by atoms with Crippen molar-refractivity contribution < 1.29 is 8.42 Å². The lowest BCUT2D eigenvalue weighted by atomic mass is 10.0.